The van der Waals surface area contributed by atoms with Crippen LogP contribution in [0.25, 0.3) is 0 Å². The summed E-state index contributed by atoms with van der Waals surface area (Å²) in [4.78, 5) is 2.45. The maximum Gasteiger partial charge on any atom is 0.0874 e. The Morgan fingerprint density at radius 3 is 2.17 bits per heavy atom. The summed E-state index contributed by atoms with van der Waals surface area (Å²) in [6.07, 6.45) is 12.3. The van der Waals surface area contributed by atoms with Crippen molar-refractivity contribution in [3.8, 4) is 0 Å². The van der Waals surface area contributed by atoms with Gasteiger partial charge in [0.1, 0.15) is 0 Å². The second kappa shape index (κ2) is 11.4. The number of hydrogen-bond acceptors (Lipinski definition) is 4. The van der Waals surface area contributed by atoms with E-state index in [1.54, 1.807) is 0 Å². The van der Waals surface area contributed by atoms with E-state index in [4.69, 9.17) is 0 Å². The summed E-state index contributed by atoms with van der Waals surface area (Å²) in [5, 5.41) is 10.8. The molecule has 4 heteroatoms. The molecule has 0 spiro atoms. The summed E-state index contributed by atoms with van der Waals surface area (Å²) in [6, 6.07) is 0.911. The third kappa shape index (κ3) is 6.41. The predicted molar refractivity (Wildman–Crippen MR) is 102 cm³/mol. The first-order chi connectivity index (χ1) is 11.9. The van der Waals surface area contributed by atoms with Gasteiger partial charge in [-0.3, -0.25) is 10.2 Å². The van der Waals surface area contributed by atoms with Crippen LogP contribution in [0.4, 0.5) is 0 Å². The number of nitrogens with zero attached hydrogens (tertiary/aromatic N) is 1. The van der Waals surface area contributed by atoms with Gasteiger partial charge in [-0.2, -0.15) is 0 Å². The van der Waals surface area contributed by atoms with Gasteiger partial charge in [0, 0.05) is 25.7 Å². The van der Waals surface area contributed by atoms with E-state index in [0.29, 0.717) is 12.1 Å². The predicted octanol–water partition coefficient (Wildman–Crippen LogP) is 2.17. The second-order valence-electron chi connectivity index (χ2n) is 6.72. The third-order valence-corrected chi connectivity index (χ3v) is 4.88. The fraction of sp³-hybridized carbons (Fsp3) is 0.700. The summed E-state index contributed by atoms with van der Waals surface area (Å²) in [7, 11) is 0. The summed E-state index contributed by atoms with van der Waals surface area (Å²) >= 11 is 0. The monoisotopic (exact) mass is 330 g/mol. The summed E-state index contributed by atoms with van der Waals surface area (Å²) in [6.45, 7) is 12.7. The minimum atomic E-state index is 0.182. The van der Waals surface area contributed by atoms with E-state index >= 15 is 0 Å². The molecule has 134 valence electrons. The maximum absolute atomic E-state index is 3.75. The van der Waals surface area contributed by atoms with Gasteiger partial charge in [0.15, 0.2) is 0 Å². The Morgan fingerprint density at radius 1 is 0.792 bits per heavy atom. The fourth-order valence-corrected chi connectivity index (χ4v) is 3.51. The summed E-state index contributed by atoms with van der Waals surface area (Å²) < 4.78 is 0. The highest BCUT2D eigenvalue weighted by atomic mass is 15.4. The van der Waals surface area contributed by atoms with Crippen LogP contribution in [0, 0.1) is 0 Å². The summed E-state index contributed by atoms with van der Waals surface area (Å²) in [5.41, 5.74) is 5.90. The van der Waals surface area contributed by atoms with E-state index in [0.717, 1.165) is 32.7 Å². The summed E-state index contributed by atoms with van der Waals surface area (Å²) in [5.74, 6) is 0. The van der Waals surface area contributed by atoms with Gasteiger partial charge in [0.05, 0.1) is 12.2 Å². The van der Waals surface area contributed by atoms with E-state index in [-0.39, 0.29) is 6.17 Å². The van der Waals surface area contributed by atoms with Crippen LogP contribution in [0.15, 0.2) is 36.8 Å². The first-order valence-electron chi connectivity index (χ1n) is 9.52. The first-order valence-corrected chi connectivity index (χ1v) is 9.52. The van der Waals surface area contributed by atoms with E-state index in [9.17, 15) is 0 Å². The molecular formula is C20H34N4. The lowest BCUT2D eigenvalue weighted by atomic mass is 10.1. The van der Waals surface area contributed by atoms with Gasteiger partial charge in [-0.05, 0) is 38.1 Å². The van der Waals surface area contributed by atoms with Crippen LogP contribution < -0.4 is 16.0 Å². The van der Waals surface area contributed by atoms with Crippen molar-refractivity contribution in [3.05, 3.63) is 36.8 Å². The van der Waals surface area contributed by atoms with Gasteiger partial charge in [-0.25, -0.2) is 0 Å². The molecule has 3 N–H and O–H groups in total. The molecular weight excluding hydrogens is 296 g/mol. The van der Waals surface area contributed by atoms with Crippen LogP contribution in [0.3, 0.4) is 0 Å². The third-order valence-electron chi connectivity index (χ3n) is 4.88. The van der Waals surface area contributed by atoms with E-state index in [1.807, 2.05) is 6.08 Å². The second-order valence-corrected chi connectivity index (χ2v) is 6.72. The van der Waals surface area contributed by atoms with Crippen molar-refractivity contribution in [2.24, 2.45) is 0 Å². The zero-order valence-corrected chi connectivity index (χ0v) is 15.0. The lowest BCUT2D eigenvalue weighted by Crippen LogP contribution is -2.40. The largest absolute Gasteiger partial charge is 0.315 e. The van der Waals surface area contributed by atoms with Crippen molar-refractivity contribution in [3.63, 3.8) is 0 Å². The number of rotatable bonds is 2. The van der Waals surface area contributed by atoms with E-state index < -0.39 is 0 Å². The molecule has 0 aromatic rings. The van der Waals surface area contributed by atoms with Gasteiger partial charge < -0.3 is 10.6 Å². The van der Waals surface area contributed by atoms with Crippen molar-refractivity contribution in [2.45, 2.75) is 56.8 Å². The highest BCUT2D eigenvalue weighted by molar-refractivity contribution is 5.17. The quantitative estimate of drug-likeness (QED) is 0.536. The zero-order chi connectivity index (χ0) is 17.0. The molecule has 0 saturated carbocycles. The van der Waals surface area contributed by atoms with Gasteiger partial charge in [0.2, 0.25) is 0 Å². The Bertz CT molecular complexity index is 449. The molecule has 2 rings (SSSR count). The van der Waals surface area contributed by atoms with Crippen LogP contribution in [0.2, 0.25) is 0 Å². The SMILES string of the molecule is C=C=CC1NCCNCCCCCCCCNCC2C(C=C=C)N12. The Labute approximate surface area is 147 Å². The van der Waals surface area contributed by atoms with E-state index in [2.05, 4.69) is 51.5 Å². The molecule has 0 amide bonds. The number of hydrogen-bond donors (Lipinski definition) is 3. The van der Waals surface area contributed by atoms with Crippen LogP contribution in [0.5, 0.6) is 0 Å². The Balaban J connectivity index is 1.91. The van der Waals surface area contributed by atoms with Crippen molar-refractivity contribution >= 4 is 0 Å². The standard InChI is InChI=1S/C20H34N4/c1-3-11-18-19-17-22-14-10-8-6-5-7-9-13-21-15-16-23-20(12-4-2)24(18)19/h11-12,18-23H,1-2,5-10,13-17H2. The number of fused-ring (bicyclic) bond motifs is 1. The average molecular weight is 331 g/mol. The van der Waals surface area contributed by atoms with Gasteiger partial charge in [-0.1, -0.05) is 38.8 Å². The Morgan fingerprint density at radius 2 is 1.46 bits per heavy atom. The van der Waals surface area contributed by atoms with Crippen molar-refractivity contribution < 1.29 is 0 Å². The molecule has 4 atom stereocenters. The molecule has 2 aliphatic heterocycles. The average Bonchev–Trinajstić information content (AvgIpc) is 3.26. The Hall–Kier alpha value is -1.12. The molecule has 2 saturated heterocycles. The van der Waals surface area contributed by atoms with E-state index in [1.165, 1.54) is 38.5 Å². The first kappa shape index (κ1) is 19.2. The normalized spacial score (nSPS) is 33.2. The molecule has 2 fully saturated rings. The molecule has 0 radical (unpaired) electrons. The fourth-order valence-electron chi connectivity index (χ4n) is 3.51. The van der Waals surface area contributed by atoms with Gasteiger partial charge in [0.25, 0.3) is 0 Å². The smallest absolute Gasteiger partial charge is 0.0874 e. The molecule has 4 unspecified atom stereocenters. The topological polar surface area (TPSA) is 39.1 Å². The highest BCUT2D eigenvalue weighted by Gasteiger charge is 2.48. The molecule has 0 aromatic heterocycles. The molecule has 2 aliphatic rings. The molecule has 4 nitrogen and oxygen atoms in total. The maximum atomic E-state index is 3.75. The minimum absolute atomic E-state index is 0.182. The molecule has 0 aliphatic carbocycles. The molecule has 0 aromatic carbocycles. The van der Waals surface area contributed by atoms with Crippen molar-refractivity contribution in [2.75, 3.05) is 32.7 Å². The van der Waals surface area contributed by atoms with Crippen LogP contribution >= 0.6 is 0 Å². The molecule has 24 heavy (non-hydrogen) atoms. The van der Waals surface area contributed by atoms with Crippen LogP contribution in [-0.2, 0) is 0 Å². The van der Waals surface area contributed by atoms with Crippen LogP contribution in [0.1, 0.15) is 38.5 Å². The van der Waals surface area contributed by atoms with Gasteiger partial charge in [-0.15, -0.1) is 11.5 Å². The molecule has 0 bridgehead atoms. The lowest BCUT2D eigenvalue weighted by Gasteiger charge is -2.17. The molecule has 2 heterocycles. The van der Waals surface area contributed by atoms with Crippen molar-refractivity contribution in [1.82, 2.24) is 20.9 Å². The zero-order valence-electron chi connectivity index (χ0n) is 15.0. The highest BCUT2D eigenvalue weighted by Crippen LogP contribution is 2.31. The lowest BCUT2D eigenvalue weighted by molar-refractivity contribution is 0.350. The van der Waals surface area contributed by atoms with Gasteiger partial charge >= 0.3 is 0 Å². The van der Waals surface area contributed by atoms with Crippen molar-refractivity contribution in [1.29, 1.82) is 0 Å². The minimum Gasteiger partial charge on any atom is -0.315 e. The Kier molecular flexibility index (Phi) is 9.15. The number of nitrogens with one attached hydrogen (secondary N) is 3. The van der Waals surface area contributed by atoms with Crippen LogP contribution in [-0.4, -0.2) is 55.9 Å².